The van der Waals surface area contributed by atoms with Crippen LogP contribution in [0.2, 0.25) is 0 Å². The highest BCUT2D eigenvalue weighted by atomic mass is 16.6. The molecule has 0 aromatic rings. The van der Waals surface area contributed by atoms with E-state index in [0.717, 1.165) is 19.1 Å². The van der Waals surface area contributed by atoms with E-state index in [1.54, 1.807) is 0 Å². The normalized spacial score (nSPS) is 54.5. The van der Waals surface area contributed by atoms with Gasteiger partial charge in [0.2, 0.25) is 0 Å². The van der Waals surface area contributed by atoms with Crippen molar-refractivity contribution in [2.45, 2.75) is 37.4 Å². The number of hydrogen-bond donors (Lipinski definition) is 0. The maximum absolute atomic E-state index is 5.74. The van der Waals surface area contributed by atoms with E-state index < -0.39 is 0 Å². The Kier molecular flexibility index (Phi) is 1.16. The molecule has 62 valence electrons. The molecule has 2 nitrogen and oxygen atoms in total. The maximum Gasteiger partial charge on any atom is 0.121 e. The lowest BCUT2D eigenvalue weighted by molar-refractivity contribution is -0.00926. The minimum atomic E-state index is 0.219. The Bertz CT molecular complexity index is 178. The number of ether oxygens (including phenoxy) is 2. The van der Waals surface area contributed by atoms with Gasteiger partial charge in [0, 0.05) is 6.61 Å². The smallest absolute Gasteiger partial charge is 0.121 e. The third-order valence-electron chi connectivity index (χ3n) is 3.50. The Labute approximate surface area is 66.9 Å². The van der Waals surface area contributed by atoms with Gasteiger partial charge in [-0.25, -0.2) is 0 Å². The average Bonchev–Trinajstić information content (AvgIpc) is 2.75. The van der Waals surface area contributed by atoms with E-state index in [0.29, 0.717) is 6.10 Å². The predicted molar refractivity (Wildman–Crippen MR) is 40.4 cm³/mol. The molecule has 2 unspecified atom stereocenters. The summed E-state index contributed by atoms with van der Waals surface area (Å²) in [5.41, 5.74) is 0.219. The highest BCUT2D eigenvalue weighted by Crippen LogP contribution is 2.54. The maximum atomic E-state index is 5.74. The third-order valence-corrected chi connectivity index (χ3v) is 3.50. The number of hydrogen-bond acceptors (Lipinski definition) is 2. The summed E-state index contributed by atoms with van der Waals surface area (Å²) in [5, 5.41) is 0. The van der Waals surface area contributed by atoms with Crippen molar-refractivity contribution in [3.05, 3.63) is 0 Å². The van der Waals surface area contributed by atoms with Crippen molar-refractivity contribution in [1.29, 1.82) is 0 Å². The van der Waals surface area contributed by atoms with Crippen LogP contribution >= 0.6 is 0 Å². The Hall–Kier alpha value is -0.0800. The summed E-state index contributed by atoms with van der Waals surface area (Å²) in [7, 11) is 0. The summed E-state index contributed by atoms with van der Waals surface area (Å²) in [5.74, 6) is 0.829. The molecule has 3 fully saturated rings. The van der Waals surface area contributed by atoms with E-state index in [1.807, 2.05) is 0 Å². The minimum absolute atomic E-state index is 0.219. The van der Waals surface area contributed by atoms with Gasteiger partial charge in [0.25, 0.3) is 0 Å². The molecule has 1 spiro atoms. The van der Waals surface area contributed by atoms with Crippen molar-refractivity contribution in [1.82, 2.24) is 0 Å². The molecule has 0 aromatic carbocycles. The molecule has 0 N–H and O–H groups in total. The van der Waals surface area contributed by atoms with Gasteiger partial charge in [0.05, 0.1) is 12.7 Å². The highest BCUT2D eigenvalue weighted by Gasteiger charge is 2.63. The van der Waals surface area contributed by atoms with Crippen molar-refractivity contribution >= 4 is 0 Å². The second-order valence-electron chi connectivity index (χ2n) is 4.03. The lowest BCUT2D eigenvalue weighted by Crippen LogP contribution is -2.40. The molecule has 1 aliphatic carbocycles. The van der Waals surface area contributed by atoms with Crippen LogP contribution in [0.1, 0.15) is 25.7 Å². The highest BCUT2D eigenvalue weighted by molar-refractivity contribution is 5.10. The first-order valence-corrected chi connectivity index (χ1v) is 4.67. The molecule has 2 aliphatic heterocycles. The molecular weight excluding hydrogens is 140 g/mol. The van der Waals surface area contributed by atoms with Crippen LogP contribution in [-0.2, 0) is 9.47 Å². The molecule has 0 aromatic heterocycles. The second kappa shape index (κ2) is 1.99. The van der Waals surface area contributed by atoms with Gasteiger partial charge in [-0.1, -0.05) is 6.42 Å². The van der Waals surface area contributed by atoms with Crippen molar-refractivity contribution in [3.8, 4) is 0 Å². The Morgan fingerprint density at radius 1 is 1.18 bits per heavy atom. The molecule has 2 heterocycles. The van der Waals surface area contributed by atoms with Crippen LogP contribution in [0, 0.1) is 5.92 Å². The number of rotatable bonds is 0. The summed E-state index contributed by atoms with van der Waals surface area (Å²) in [6.45, 7) is 1.84. The molecule has 2 saturated heterocycles. The van der Waals surface area contributed by atoms with E-state index in [-0.39, 0.29) is 5.60 Å². The van der Waals surface area contributed by atoms with E-state index in [4.69, 9.17) is 9.47 Å². The Morgan fingerprint density at radius 3 is 3.09 bits per heavy atom. The molecular formula is C9H14O2. The van der Waals surface area contributed by atoms with Crippen molar-refractivity contribution in [2.24, 2.45) is 5.92 Å². The van der Waals surface area contributed by atoms with Gasteiger partial charge in [-0.2, -0.15) is 0 Å². The van der Waals surface area contributed by atoms with E-state index in [1.165, 1.54) is 25.7 Å². The quantitative estimate of drug-likeness (QED) is 0.491. The first kappa shape index (κ1) is 6.44. The lowest BCUT2D eigenvalue weighted by Gasteiger charge is -2.32. The molecule has 11 heavy (non-hydrogen) atoms. The average molecular weight is 154 g/mol. The van der Waals surface area contributed by atoms with Crippen LogP contribution in [0.4, 0.5) is 0 Å². The van der Waals surface area contributed by atoms with Crippen molar-refractivity contribution in [3.63, 3.8) is 0 Å². The molecule has 0 radical (unpaired) electrons. The van der Waals surface area contributed by atoms with E-state index >= 15 is 0 Å². The fourth-order valence-electron chi connectivity index (χ4n) is 2.78. The zero-order valence-electron chi connectivity index (χ0n) is 6.71. The molecule has 1 saturated carbocycles. The van der Waals surface area contributed by atoms with Crippen molar-refractivity contribution < 1.29 is 9.47 Å². The molecule has 0 amide bonds. The van der Waals surface area contributed by atoms with Crippen LogP contribution in [-0.4, -0.2) is 24.9 Å². The molecule has 2 heteroatoms. The largest absolute Gasteiger partial charge is 0.378 e. The topological polar surface area (TPSA) is 21.8 Å². The van der Waals surface area contributed by atoms with Gasteiger partial charge >= 0.3 is 0 Å². The minimum Gasteiger partial charge on any atom is -0.378 e. The van der Waals surface area contributed by atoms with E-state index in [9.17, 15) is 0 Å². The van der Waals surface area contributed by atoms with Gasteiger partial charge in [0.15, 0.2) is 0 Å². The summed E-state index contributed by atoms with van der Waals surface area (Å²) >= 11 is 0. The monoisotopic (exact) mass is 154 g/mol. The molecule has 3 aliphatic rings. The fraction of sp³-hybridized carbons (Fsp3) is 1.00. The number of epoxide rings is 1. The molecule has 0 bridgehead atoms. The fourth-order valence-corrected chi connectivity index (χ4v) is 2.78. The molecule has 3 rings (SSSR count). The third kappa shape index (κ3) is 0.744. The molecule has 3 atom stereocenters. The van der Waals surface area contributed by atoms with Crippen molar-refractivity contribution in [2.75, 3.05) is 13.2 Å². The zero-order valence-corrected chi connectivity index (χ0v) is 6.71. The second-order valence-corrected chi connectivity index (χ2v) is 4.03. The van der Waals surface area contributed by atoms with Gasteiger partial charge in [0.1, 0.15) is 5.60 Å². The Balaban J connectivity index is 1.84. The summed E-state index contributed by atoms with van der Waals surface area (Å²) in [6.07, 6.45) is 5.83. The van der Waals surface area contributed by atoms with Gasteiger partial charge in [-0.3, -0.25) is 0 Å². The van der Waals surface area contributed by atoms with Gasteiger partial charge in [-0.15, -0.1) is 0 Å². The first-order chi connectivity index (χ1) is 5.42. The Morgan fingerprint density at radius 2 is 2.18 bits per heavy atom. The predicted octanol–water partition coefficient (Wildman–Crippen LogP) is 1.34. The SMILES string of the molecule is C1CC2CCOC[C@@]23OC3C1. The van der Waals surface area contributed by atoms with Gasteiger partial charge in [-0.05, 0) is 25.2 Å². The first-order valence-electron chi connectivity index (χ1n) is 4.67. The van der Waals surface area contributed by atoms with E-state index in [2.05, 4.69) is 0 Å². The van der Waals surface area contributed by atoms with Crippen LogP contribution in [0.25, 0.3) is 0 Å². The standard InChI is InChI=1S/C9H14O2/c1-2-7-4-5-10-6-9(7)8(3-1)11-9/h7-8H,1-6H2/t7?,8?,9-/m1/s1. The lowest BCUT2D eigenvalue weighted by atomic mass is 9.77. The summed E-state index contributed by atoms with van der Waals surface area (Å²) in [6, 6.07) is 0. The summed E-state index contributed by atoms with van der Waals surface area (Å²) < 4.78 is 11.2. The van der Waals surface area contributed by atoms with Crippen LogP contribution in [0.5, 0.6) is 0 Å². The van der Waals surface area contributed by atoms with Crippen LogP contribution in [0.15, 0.2) is 0 Å². The summed E-state index contributed by atoms with van der Waals surface area (Å²) in [4.78, 5) is 0. The van der Waals surface area contributed by atoms with Crippen LogP contribution in [0.3, 0.4) is 0 Å². The van der Waals surface area contributed by atoms with Gasteiger partial charge < -0.3 is 9.47 Å². The zero-order chi connectivity index (χ0) is 7.31. The van der Waals surface area contributed by atoms with Crippen LogP contribution < -0.4 is 0 Å².